The van der Waals surface area contributed by atoms with Crippen LogP contribution in [0.15, 0.2) is 83.9 Å². The molecule has 0 saturated heterocycles. The summed E-state index contributed by atoms with van der Waals surface area (Å²) in [6.45, 7) is 0.517. The Bertz CT molecular complexity index is 1370. The van der Waals surface area contributed by atoms with Crippen molar-refractivity contribution in [1.29, 1.82) is 0 Å². The van der Waals surface area contributed by atoms with Crippen molar-refractivity contribution >= 4 is 28.4 Å². The fraction of sp³-hybridized carbons (Fsp3) is 0.0455. The lowest BCUT2D eigenvalue weighted by Crippen LogP contribution is -2.15. The Labute approximate surface area is 165 Å². The van der Waals surface area contributed by atoms with Crippen LogP contribution >= 0.6 is 11.6 Å². The first-order valence-electron chi connectivity index (χ1n) is 8.87. The van der Waals surface area contributed by atoms with Gasteiger partial charge in [-0.25, -0.2) is 9.38 Å². The number of benzene rings is 2. The molecule has 0 radical (unpaired) electrons. The smallest absolute Gasteiger partial charge is 0.260 e. The second-order valence-electron chi connectivity index (χ2n) is 6.52. The van der Waals surface area contributed by atoms with Crippen LogP contribution in [0.2, 0.25) is 5.02 Å². The molecule has 0 aliphatic carbocycles. The molecule has 0 saturated carbocycles. The molecular weight excluding hydrogens is 372 g/mol. The van der Waals surface area contributed by atoms with Crippen molar-refractivity contribution in [3.63, 3.8) is 0 Å². The largest absolute Gasteiger partial charge is 0.305 e. The molecule has 28 heavy (non-hydrogen) atoms. The van der Waals surface area contributed by atoms with Crippen molar-refractivity contribution in [2.45, 2.75) is 6.54 Å². The number of halogens is 1. The van der Waals surface area contributed by atoms with Crippen LogP contribution in [-0.2, 0) is 6.54 Å². The van der Waals surface area contributed by atoms with Gasteiger partial charge in [0.1, 0.15) is 0 Å². The maximum atomic E-state index is 13.0. The van der Waals surface area contributed by atoms with Crippen molar-refractivity contribution in [2.75, 3.05) is 0 Å². The average Bonchev–Trinajstić information content (AvgIpc) is 3.04. The third-order valence-electron chi connectivity index (χ3n) is 4.82. The van der Waals surface area contributed by atoms with Crippen molar-refractivity contribution < 1.29 is 0 Å². The third-order valence-corrected chi connectivity index (χ3v) is 5.19. The Morgan fingerprint density at radius 2 is 1.61 bits per heavy atom. The van der Waals surface area contributed by atoms with Gasteiger partial charge in [0, 0.05) is 29.0 Å². The Balaban J connectivity index is 1.83. The summed E-state index contributed by atoms with van der Waals surface area (Å²) in [7, 11) is 0. The molecule has 136 valence electrons. The Kier molecular flexibility index (Phi) is 3.95. The summed E-state index contributed by atoms with van der Waals surface area (Å²) in [6.07, 6.45) is 3.39. The van der Waals surface area contributed by atoms with Gasteiger partial charge >= 0.3 is 0 Å². The molecule has 0 fully saturated rings. The predicted octanol–water partition coefficient (Wildman–Crippen LogP) is 4.41. The molecule has 0 spiro atoms. The first-order valence-corrected chi connectivity index (χ1v) is 9.25. The van der Waals surface area contributed by atoms with Gasteiger partial charge in [-0.15, -0.1) is 0 Å². The minimum Gasteiger partial charge on any atom is -0.305 e. The molecule has 0 bridgehead atoms. The maximum Gasteiger partial charge on any atom is 0.260 e. The van der Waals surface area contributed by atoms with Gasteiger partial charge in [0.25, 0.3) is 5.56 Å². The highest BCUT2D eigenvalue weighted by atomic mass is 35.5. The van der Waals surface area contributed by atoms with Crippen molar-refractivity contribution in [1.82, 2.24) is 18.9 Å². The third kappa shape index (κ3) is 2.68. The highest BCUT2D eigenvalue weighted by molar-refractivity contribution is 6.31. The number of para-hydroxylation sites is 2. The first-order chi connectivity index (χ1) is 13.7. The van der Waals surface area contributed by atoms with Gasteiger partial charge in [0.05, 0.1) is 23.3 Å². The molecule has 5 nitrogen and oxygen atoms in total. The molecule has 6 heteroatoms. The van der Waals surface area contributed by atoms with Gasteiger partial charge < -0.3 is 4.57 Å². The number of hydrogen-bond acceptors (Lipinski definition) is 3. The van der Waals surface area contributed by atoms with Crippen LogP contribution in [0.1, 0.15) is 5.56 Å². The number of pyridine rings is 1. The van der Waals surface area contributed by atoms with Crippen LogP contribution in [0.4, 0.5) is 0 Å². The number of imidazole rings is 1. The Morgan fingerprint density at radius 3 is 2.39 bits per heavy atom. The Morgan fingerprint density at radius 1 is 0.893 bits per heavy atom. The van der Waals surface area contributed by atoms with Gasteiger partial charge in [-0.1, -0.05) is 41.9 Å². The zero-order chi connectivity index (χ0) is 19.1. The van der Waals surface area contributed by atoms with E-state index in [1.54, 1.807) is 22.9 Å². The summed E-state index contributed by atoms with van der Waals surface area (Å²) >= 11 is 6.39. The molecule has 5 rings (SSSR count). The van der Waals surface area contributed by atoms with Crippen LogP contribution in [0.25, 0.3) is 28.1 Å². The van der Waals surface area contributed by atoms with E-state index in [4.69, 9.17) is 16.6 Å². The number of hydrogen-bond donors (Lipinski definition) is 0. The van der Waals surface area contributed by atoms with E-state index in [9.17, 15) is 4.79 Å². The summed E-state index contributed by atoms with van der Waals surface area (Å²) in [6, 6.07) is 20.8. The second-order valence-corrected chi connectivity index (χ2v) is 6.92. The van der Waals surface area contributed by atoms with E-state index in [-0.39, 0.29) is 5.56 Å². The molecule has 3 heterocycles. The second kappa shape index (κ2) is 6.62. The topological polar surface area (TPSA) is 52.2 Å². The molecule has 0 aliphatic heterocycles. The average molecular weight is 387 g/mol. The van der Waals surface area contributed by atoms with Crippen LogP contribution in [0.3, 0.4) is 0 Å². The molecular formula is C22H15ClN4O. The lowest BCUT2D eigenvalue weighted by atomic mass is 10.2. The zero-order valence-electron chi connectivity index (χ0n) is 14.8. The quantitative estimate of drug-likeness (QED) is 0.461. The van der Waals surface area contributed by atoms with E-state index < -0.39 is 0 Å². The SMILES string of the molecule is O=c1cc(-c2ccncc2)nc2n(Cc3ccccc3Cl)c3ccccc3n12. The number of aromatic nitrogens is 4. The van der Waals surface area contributed by atoms with Crippen LogP contribution in [-0.4, -0.2) is 18.9 Å². The predicted molar refractivity (Wildman–Crippen MR) is 111 cm³/mol. The van der Waals surface area contributed by atoms with Gasteiger partial charge in [-0.3, -0.25) is 9.78 Å². The number of fused-ring (bicyclic) bond motifs is 3. The highest BCUT2D eigenvalue weighted by Gasteiger charge is 2.16. The molecule has 0 aliphatic rings. The fourth-order valence-corrected chi connectivity index (χ4v) is 3.69. The van der Waals surface area contributed by atoms with Gasteiger partial charge in [0.2, 0.25) is 5.78 Å². The van der Waals surface area contributed by atoms with Gasteiger partial charge in [0.15, 0.2) is 0 Å². The molecule has 0 amide bonds. The summed E-state index contributed by atoms with van der Waals surface area (Å²) in [4.78, 5) is 21.9. The van der Waals surface area contributed by atoms with Gasteiger partial charge in [-0.05, 0) is 35.9 Å². The van der Waals surface area contributed by atoms with E-state index in [2.05, 4.69) is 4.98 Å². The molecule has 0 atom stereocenters. The van der Waals surface area contributed by atoms with Crippen LogP contribution < -0.4 is 5.56 Å². The van der Waals surface area contributed by atoms with Gasteiger partial charge in [-0.2, -0.15) is 0 Å². The summed E-state index contributed by atoms with van der Waals surface area (Å²) < 4.78 is 3.68. The van der Waals surface area contributed by atoms with E-state index in [0.717, 1.165) is 22.2 Å². The molecule has 0 unspecified atom stereocenters. The maximum absolute atomic E-state index is 13.0. The summed E-state index contributed by atoms with van der Waals surface area (Å²) in [5.74, 6) is 0.584. The summed E-state index contributed by atoms with van der Waals surface area (Å²) in [5.41, 5.74) is 4.07. The standard InChI is InChI=1S/C22H15ClN4O/c23-17-6-2-1-5-16(17)14-26-19-7-3-4-8-20(19)27-21(28)13-18(25-22(26)27)15-9-11-24-12-10-15/h1-13H,14H2. The van der Waals surface area contributed by atoms with Crippen LogP contribution in [0, 0.1) is 0 Å². The molecule has 3 aromatic heterocycles. The molecule has 5 aromatic rings. The molecule has 0 N–H and O–H groups in total. The minimum atomic E-state index is -0.120. The lowest BCUT2D eigenvalue weighted by Gasteiger charge is -2.08. The fourth-order valence-electron chi connectivity index (χ4n) is 3.49. The van der Waals surface area contributed by atoms with E-state index >= 15 is 0 Å². The minimum absolute atomic E-state index is 0.120. The van der Waals surface area contributed by atoms with Crippen molar-refractivity contribution in [2.24, 2.45) is 0 Å². The molecule has 2 aromatic carbocycles. The van der Waals surface area contributed by atoms with Crippen LogP contribution in [0.5, 0.6) is 0 Å². The van der Waals surface area contributed by atoms with Crippen molar-refractivity contribution in [3.8, 4) is 11.3 Å². The number of nitrogens with zero attached hydrogens (tertiary/aromatic N) is 4. The highest BCUT2D eigenvalue weighted by Crippen LogP contribution is 2.24. The van der Waals surface area contributed by atoms with E-state index in [0.29, 0.717) is 23.0 Å². The normalized spacial score (nSPS) is 11.3. The van der Waals surface area contributed by atoms with E-state index in [1.807, 2.05) is 65.2 Å². The first kappa shape index (κ1) is 16.7. The zero-order valence-corrected chi connectivity index (χ0v) is 15.5. The summed E-state index contributed by atoms with van der Waals surface area (Å²) in [5, 5.41) is 0.686. The van der Waals surface area contributed by atoms with Crippen molar-refractivity contribution in [3.05, 3.63) is 100 Å². The van der Waals surface area contributed by atoms with E-state index in [1.165, 1.54) is 0 Å². The Hall–Kier alpha value is -3.44. The number of rotatable bonds is 3. The lowest BCUT2D eigenvalue weighted by molar-refractivity contribution is 0.834. The monoisotopic (exact) mass is 386 g/mol.